The van der Waals surface area contributed by atoms with Crippen LogP contribution in [0, 0.1) is 0 Å². The maximum Gasteiger partial charge on any atom is 0.229 e. The molecule has 1 aromatic rings. The lowest BCUT2D eigenvalue weighted by molar-refractivity contribution is 0.299. The topological polar surface area (TPSA) is 64.9 Å². The first-order chi connectivity index (χ1) is 7.70. The van der Waals surface area contributed by atoms with Crippen LogP contribution in [0.1, 0.15) is 69.5 Å². The lowest BCUT2D eigenvalue weighted by Crippen LogP contribution is -2.25. The highest BCUT2D eigenvalue weighted by molar-refractivity contribution is 4.99. The average Bonchev–Trinajstić information content (AvgIpc) is 2.78. The van der Waals surface area contributed by atoms with Crippen molar-refractivity contribution in [2.24, 2.45) is 5.73 Å². The van der Waals surface area contributed by atoms with E-state index in [1.54, 1.807) is 0 Å². The van der Waals surface area contributed by atoms with Gasteiger partial charge in [0.1, 0.15) is 0 Å². The van der Waals surface area contributed by atoms with Crippen LogP contribution in [0.3, 0.4) is 0 Å². The molecule has 0 amide bonds. The Morgan fingerprint density at radius 2 is 2.06 bits per heavy atom. The SMILES string of the molecule is CCC(C)c1noc(C2CCC(N)CC2)n1. The second-order valence-corrected chi connectivity index (χ2v) is 4.91. The first kappa shape index (κ1) is 11.6. The van der Waals surface area contributed by atoms with Crippen LogP contribution >= 0.6 is 0 Å². The van der Waals surface area contributed by atoms with E-state index in [-0.39, 0.29) is 0 Å². The van der Waals surface area contributed by atoms with Gasteiger partial charge in [-0.15, -0.1) is 0 Å². The fourth-order valence-corrected chi connectivity index (χ4v) is 2.16. The van der Waals surface area contributed by atoms with Crippen molar-refractivity contribution in [1.29, 1.82) is 0 Å². The molecule has 1 unspecified atom stereocenters. The lowest BCUT2D eigenvalue weighted by atomic mass is 9.86. The molecule has 1 fully saturated rings. The van der Waals surface area contributed by atoms with Crippen molar-refractivity contribution in [2.45, 2.75) is 63.8 Å². The molecule has 0 spiro atoms. The summed E-state index contributed by atoms with van der Waals surface area (Å²) in [4.78, 5) is 4.51. The van der Waals surface area contributed by atoms with E-state index in [9.17, 15) is 0 Å². The summed E-state index contributed by atoms with van der Waals surface area (Å²) in [5, 5.41) is 4.06. The quantitative estimate of drug-likeness (QED) is 0.855. The van der Waals surface area contributed by atoms with Gasteiger partial charge in [-0.1, -0.05) is 19.0 Å². The van der Waals surface area contributed by atoms with E-state index in [1.165, 1.54) is 0 Å². The predicted molar refractivity (Wildman–Crippen MR) is 62.2 cm³/mol. The molecule has 0 saturated heterocycles. The molecule has 1 aliphatic carbocycles. The van der Waals surface area contributed by atoms with Crippen LogP contribution in [0.5, 0.6) is 0 Å². The molecule has 1 heterocycles. The summed E-state index contributed by atoms with van der Waals surface area (Å²) in [6.07, 6.45) is 5.37. The Kier molecular flexibility index (Phi) is 3.59. The van der Waals surface area contributed by atoms with Crippen LogP contribution in [0.4, 0.5) is 0 Å². The number of hydrogen-bond acceptors (Lipinski definition) is 4. The van der Waals surface area contributed by atoms with Gasteiger partial charge in [-0.3, -0.25) is 0 Å². The summed E-state index contributed by atoms with van der Waals surface area (Å²) in [6, 6.07) is 0.369. The van der Waals surface area contributed by atoms with Gasteiger partial charge < -0.3 is 10.3 Å². The predicted octanol–water partition coefficient (Wildman–Crippen LogP) is 2.57. The standard InChI is InChI=1S/C12H21N3O/c1-3-8(2)11-14-12(16-15-11)9-4-6-10(13)7-5-9/h8-10H,3-7,13H2,1-2H3. The van der Waals surface area contributed by atoms with Crippen molar-refractivity contribution < 1.29 is 4.52 Å². The highest BCUT2D eigenvalue weighted by Gasteiger charge is 2.25. The zero-order valence-electron chi connectivity index (χ0n) is 10.1. The molecule has 2 N–H and O–H groups in total. The third-order valence-corrected chi connectivity index (χ3v) is 3.63. The highest BCUT2D eigenvalue weighted by atomic mass is 16.5. The summed E-state index contributed by atoms with van der Waals surface area (Å²) in [5.41, 5.74) is 5.88. The van der Waals surface area contributed by atoms with Crippen molar-refractivity contribution in [1.82, 2.24) is 10.1 Å². The van der Waals surface area contributed by atoms with E-state index >= 15 is 0 Å². The van der Waals surface area contributed by atoms with Crippen LogP contribution < -0.4 is 5.73 Å². The number of nitrogens with two attached hydrogens (primary N) is 1. The van der Waals surface area contributed by atoms with Crippen LogP contribution in [0.2, 0.25) is 0 Å². The molecule has 4 nitrogen and oxygen atoms in total. The van der Waals surface area contributed by atoms with Gasteiger partial charge in [0.05, 0.1) is 0 Å². The zero-order chi connectivity index (χ0) is 11.5. The Bertz CT molecular complexity index is 329. The molecule has 1 aromatic heterocycles. The molecule has 2 rings (SSSR count). The molecule has 1 aliphatic rings. The smallest absolute Gasteiger partial charge is 0.229 e. The monoisotopic (exact) mass is 223 g/mol. The Balaban J connectivity index is 2.01. The van der Waals surface area contributed by atoms with Gasteiger partial charge in [0.2, 0.25) is 5.89 Å². The van der Waals surface area contributed by atoms with Crippen LogP contribution in [-0.2, 0) is 0 Å². The van der Waals surface area contributed by atoms with Gasteiger partial charge >= 0.3 is 0 Å². The Morgan fingerprint density at radius 1 is 1.38 bits per heavy atom. The molecule has 0 aromatic carbocycles. The summed E-state index contributed by atoms with van der Waals surface area (Å²) in [6.45, 7) is 4.27. The van der Waals surface area contributed by atoms with Gasteiger partial charge in [-0.25, -0.2) is 0 Å². The number of rotatable bonds is 3. The second-order valence-electron chi connectivity index (χ2n) is 4.91. The average molecular weight is 223 g/mol. The minimum Gasteiger partial charge on any atom is -0.339 e. The van der Waals surface area contributed by atoms with Gasteiger partial charge in [0.25, 0.3) is 0 Å². The third kappa shape index (κ3) is 2.43. The summed E-state index contributed by atoms with van der Waals surface area (Å²) >= 11 is 0. The van der Waals surface area contributed by atoms with Crippen molar-refractivity contribution >= 4 is 0 Å². The van der Waals surface area contributed by atoms with E-state index in [4.69, 9.17) is 10.3 Å². The largest absolute Gasteiger partial charge is 0.339 e. The first-order valence-corrected chi connectivity index (χ1v) is 6.29. The normalized spacial score (nSPS) is 27.9. The molecule has 0 radical (unpaired) electrons. The molecule has 4 heteroatoms. The third-order valence-electron chi connectivity index (χ3n) is 3.63. The van der Waals surface area contributed by atoms with Gasteiger partial charge in [0, 0.05) is 17.9 Å². The number of hydrogen-bond donors (Lipinski definition) is 1. The zero-order valence-corrected chi connectivity index (χ0v) is 10.1. The van der Waals surface area contributed by atoms with Crippen molar-refractivity contribution in [3.8, 4) is 0 Å². The highest BCUT2D eigenvalue weighted by Crippen LogP contribution is 2.31. The molecule has 90 valence electrons. The van der Waals surface area contributed by atoms with E-state index in [2.05, 4.69) is 24.0 Å². The van der Waals surface area contributed by atoms with Crippen LogP contribution in [-0.4, -0.2) is 16.2 Å². The Labute approximate surface area is 96.6 Å². The number of nitrogens with zero attached hydrogens (tertiary/aromatic N) is 2. The number of aromatic nitrogens is 2. The van der Waals surface area contributed by atoms with E-state index < -0.39 is 0 Å². The first-order valence-electron chi connectivity index (χ1n) is 6.29. The van der Waals surface area contributed by atoms with Gasteiger partial charge in [-0.05, 0) is 32.1 Å². The van der Waals surface area contributed by atoms with Gasteiger partial charge in [0.15, 0.2) is 5.82 Å². The summed E-state index contributed by atoms with van der Waals surface area (Å²) in [5.74, 6) is 2.50. The van der Waals surface area contributed by atoms with Crippen LogP contribution in [0.15, 0.2) is 4.52 Å². The molecule has 0 bridgehead atoms. The minimum atomic E-state index is 0.369. The molecular formula is C12H21N3O. The van der Waals surface area contributed by atoms with E-state index in [0.717, 1.165) is 43.8 Å². The minimum absolute atomic E-state index is 0.369. The molecule has 16 heavy (non-hydrogen) atoms. The molecular weight excluding hydrogens is 202 g/mol. The van der Waals surface area contributed by atoms with Crippen LogP contribution in [0.25, 0.3) is 0 Å². The van der Waals surface area contributed by atoms with Crippen molar-refractivity contribution in [2.75, 3.05) is 0 Å². The van der Waals surface area contributed by atoms with E-state index in [1.807, 2.05) is 0 Å². The van der Waals surface area contributed by atoms with Crippen molar-refractivity contribution in [3.63, 3.8) is 0 Å². The van der Waals surface area contributed by atoms with Crippen molar-refractivity contribution in [3.05, 3.63) is 11.7 Å². The second kappa shape index (κ2) is 4.95. The molecule has 1 saturated carbocycles. The Hall–Kier alpha value is -0.900. The fourth-order valence-electron chi connectivity index (χ4n) is 2.16. The molecule has 0 aliphatic heterocycles. The lowest BCUT2D eigenvalue weighted by Gasteiger charge is -2.22. The van der Waals surface area contributed by atoms with Gasteiger partial charge in [-0.2, -0.15) is 4.98 Å². The maximum atomic E-state index is 5.88. The van der Waals surface area contributed by atoms with E-state index in [0.29, 0.717) is 17.9 Å². The fraction of sp³-hybridized carbons (Fsp3) is 0.833. The molecule has 1 atom stereocenters. The summed E-state index contributed by atoms with van der Waals surface area (Å²) < 4.78 is 5.36. The maximum absolute atomic E-state index is 5.88. The summed E-state index contributed by atoms with van der Waals surface area (Å²) in [7, 11) is 0. The Morgan fingerprint density at radius 3 is 2.69 bits per heavy atom.